The van der Waals surface area contributed by atoms with Crippen LogP contribution in [0.2, 0.25) is 0 Å². The van der Waals surface area contributed by atoms with Crippen LogP contribution in [0.25, 0.3) is 5.69 Å². The zero-order chi connectivity index (χ0) is 14.9. The van der Waals surface area contributed by atoms with Crippen LogP contribution in [-0.2, 0) is 4.79 Å². The van der Waals surface area contributed by atoms with E-state index in [1.54, 1.807) is 36.7 Å². The highest BCUT2D eigenvalue weighted by Crippen LogP contribution is 2.40. The Bertz CT molecular complexity index is 689. The number of benzene rings is 1. The summed E-state index contributed by atoms with van der Waals surface area (Å²) in [6.07, 6.45) is 6.01. The van der Waals surface area contributed by atoms with E-state index in [2.05, 4.69) is 10.3 Å². The molecular formula is C15H18N4O2. The molecule has 0 spiro atoms. The first-order chi connectivity index (χ1) is 10.1. The topological polar surface area (TPSA) is 92.9 Å². The van der Waals surface area contributed by atoms with Crippen LogP contribution in [0.5, 0.6) is 0 Å². The minimum Gasteiger partial charge on any atom is -0.329 e. The molecule has 1 fully saturated rings. The monoisotopic (exact) mass is 286 g/mol. The van der Waals surface area contributed by atoms with Gasteiger partial charge in [0.1, 0.15) is 0 Å². The minimum atomic E-state index is -0.393. The molecule has 1 amide bonds. The van der Waals surface area contributed by atoms with Gasteiger partial charge in [0.15, 0.2) is 0 Å². The first kappa shape index (κ1) is 13.6. The van der Waals surface area contributed by atoms with Gasteiger partial charge in [0, 0.05) is 24.6 Å². The molecule has 1 aliphatic carbocycles. The van der Waals surface area contributed by atoms with E-state index in [0.29, 0.717) is 12.2 Å². The Kier molecular flexibility index (Phi) is 3.39. The van der Waals surface area contributed by atoms with E-state index in [1.807, 2.05) is 0 Å². The molecule has 1 aliphatic rings. The fourth-order valence-corrected chi connectivity index (χ4v) is 2.62. The van der Waals surface area contributed by atoms with E-state index in [0.717, 1.165) is 24.9 Å². The van der Waals surface area contributed by atoms with Gasteiger partial charge in [0.2, 0.25) is 5.91 Å². The molecule has 110 valence electrons. The van der Waals surface area contributed by atoms with Crippen LogP contribution in [0.1, 0.15) is 19.3 Å². The maximum absolute atomic E-state index is 12.3. The van der Waals surface area contributed by atoms with Crippen molar-refractivity contribution in [2.24, 2.45) is 11.1 Å². The van der Waals surface area contributed by atoms with E-state index >= 15 is 0 Å². The summed E-state index contributed by atoms with van der Waals surface area (Å²) in [5, 5.41) is 2.91. The molecule has 21 heavy (non-hydrogen) atoms. The molecule has 4 N–H and O–H groups in total. The number of imidazole rings is 1. The van der Waals surface area contributed by atoms with Crippen LogP contribution in [0.4, 0.5) is 5.69 Å². The molecule has 0 atom stereocenters. The zero-order valence-electron chi connectivity index (χ0n) is 11.6. The number of hydrogen-bond donors (Lipinski definition) is 3. The van der Waals surface area contributed by atoms with E-state index < -0.39 is 5.41 Å². The third-order valence-corrected chi connectivity index (χ3v) is 4.24. The lowest BCUT2D eigenvalue weighted by Gasteiger charge is -2.39. The Morgan fingerprint density at radius 1 is 1.33 bits per heavy atom. The Balaban J connectivity index is 1.75. The molecule has 0 saturated heterocycles. The summed E-state index contributed by atoms with van der Waals surface area (Å²) < 4.78 is 1.50. The van der Waals surface area contributed by atoms with Crippen molar-refractivity contribution in [1.29, 1.82) is 0 Å². The predicted molar refractivity (Wildman–Crippen MR) is 80.4 cm³/mol. The molecule has 6 heteroatoms. The number of H-pyrrole nitrogens is 1. The van der Waals surface area contributed by atoms with Gasteiger partial charge < -0.3 is 16.0 Å². The van der Waals surface area contributed by atoms with Gasteiger partial charge in [-0.15, -0.1) is 0 Å². The number of anilines is 1. The third-order valence-electron chi connectivity index (χ3n) is 4.24. The highest BCUT2D eigenvalue weighted by Gasteiger charge is 2.42. The average Bonchev–Trinajstić information content (AvgIpc) is 2.85. The number of hydrogen-bond acceptors (Lipinski definition) is 3. The SMILES string of the molecule is NCC1(C(=O)Nc2ccc(-n3cc[nH]c3=O)cc2)CCC1. The zero-order valence-corrected chi connectivity index (χ0v) is 11.6. The van der Waals surface area contributed by atoms with Crippen molar-refractivity contribution in [3.05, 3.63) is 47.1 Å². The van der Waals surface area contributed by atoms with Gasteiger partial charge in [-0.3, -0.25) is 9.36 Å². The van der Waals surface area contributed by atoms with Crippen molar-refractivity contribution < 1.29 is 4.79 Å². The van der Waals surface area contributed by atoms with Crippen LogP contribution < -0.4 is 16.7 Å². The lowest BCUT2D eigenvalue weighted by molar-refractivity contribution is -0.129. The van der Waals surface area contributed by atoms with Crippen LogP contribution in [0, 0.1) is 5.41 Å². The van der Waals surface area contributed by atoms with Crippen LogP contribution in [0.3, 0.4) is 0 Å². The fourth-order valence-electron chi connectivity index (χ4n) is 2.62. The molecule has 1 saturated carbocycles. The Morgan fingerprint density at radius 2 is 2.05 bits per heavy atom. The maximum atomic E-state index is 12.3. The highest BCUT2D eigenvalue weighted by atomic mass is 16.2. The van der Waals surface area contributed by atoms with Gasteiger partial charge in [0.25, 0.3) is 0 Å². The van der Waals surface area contributed by atoms with Gasteiger partial charge >= 0.3 is 5.69 Å². The van der Waals surface area contributed by atoms with Gasteiger partial charge in [-0.25, -0.2) is 4.79 Å². The number of nitrogens with zero attached hydrogens (tertiary/aromatic N) is 1. The van der Waals surface area contributed by atoms with Crippen molar-refractivity contribution in [1.82, 2.24) is 9.55 Å². The Morgan fingerprint density at radius 3 is 2.52 bits per heavy atom. The molecule has 0 radical (unpaired) electrons. The lowest BCUT2D eigenvalue weighted by atomic mass is 9.68. The first-order valence-corrected chi connectivity index (χ1v) is 7.03. The lowest BCUT2D eigenvalue weighted by Crippen LogP contribution is -2.47. The standard InChI is InChI=1S/C15H18N4O2/c16-10-15(6-1-7-15)13(20)18-11-2-4-12(5-3-11)19-9-8-17-14(19)21/h2-5,8-9H,1,6-7,10,16H2,(H,17,21)(H,18,20). The maximum Gasteiger partial charge on any atom is 0.330 e. The van der Waals surface area contributed by atoms with Gasteiger partial charge in [-0.05, 0) is 37.1 Å². The van der Waals surface area contributed by atoms with Gasteiger partial charge in [0.05, 0.1) is 11.1 Å². The van der Waals surface area contributed by atoms with Gasteiger partial charge in [-0.2, -0.15) is 0 Å². The van der Waals surface area contributed by atoms with Crippen molar-refractivity contribution in [3.63, 3.8) is 0 Å². The number of nitrogens with one attached hydrogen (secondary N) is 2. The normalized spacial score (nSPS) is 16.2. The number of carbonyl (C=O) groups excluding carboxylic acids is 1. The molecular weight excluding hydrogens is 268 g/mol. The number of rotatable bonds is 4. The second-order valence-corrected chi connectivity index (χ2v) is 5.47. The Labute approximate surface area is 122 Å². The van der Waals surface area contributed by atoms with E-state index in [1.165, 1.54) is 4.57 Å². The van der Waals surface area contributed by atoms with Crippen LogP contribution >= 0.6 is 0 Å². The van der Waals surface area contributed by atoms with Crippen LogP contribution in [-0.4, -0.2) is 22.0 Å². The molecule has 0 aliphatic heterocycles. The molecule has 0 bridgehead atoms. The smallest absolute Gasteiger partial charge is 0.329 e. The molecule has 2 aromatic rings. The summed E-state index contributed by atoms with van der Waals surface area (Å²) in [6.45, 7) is 0.385. The fraction of sp³-hybridized carbons (Fsp3) is 0.333. The van der Waals surface area contributed by atoms with Crippen molar-refractivity contribution in [3.8, 4) is 5.69 Å². The summed E-state index contributed by atoms with van der Waals surface area (Å²) in [5.41, 5.74) is 6.60. The number of aromatic amines is 1. The molecule has 1 aromatic carbocycles. The summed E-state index contributed by atoms with van der Waals surface area (Å²) in [5.74, 6) is -0.0113. The second-order valence-electron chi connectivity index (χ2n) is 5.47. The summed E-state index contributed by atoms with van der Waals surface area (Å²) in [6, 6.07) is 7.16. The third kappa shape index (κ3) is 2.38. The predicted octanol–water partition coefficient (Wildman–Crippen LogP) is 1.23. The highest BCUT2D eigenvalue weighted by molar-refractivity contribution is 5.96. The van der Waals surface area contributed by atoms with E-state index in [4.69, 9.17) is 5.73 Å². The van der Waals surface area contributed by atoms with Crippen molar-refractivity contribution in [2.75, 3.05) is 11.9 Å². The molecule has 0 unspecified atom stereocenters. The van der Waals surface area contributed by atoms with Crippen molar-refractivity contribution in [2.45, 2.75) is 19.3 Å². The van der Waals surface area contributed by atoms with E-state index in [-0.39, 0.29) is 11.6 Å². The second kappa shape index (κ2) is 5.21. The first-order valence-electron chi connectivity index (χ1n) is 7.03. The summed E-state index contributed by atoms with van der Waals surface area (Å²) in [4.78, 5) is 26.4. The largest absolute Gasteiger partial charge is 0.330 e. The molecule has 6 nitrogen and oxygen atoms in total. The minimum absolute atomic E-state index is 0.0113. The number of carbonyl (C=O) groups is 1. The molecule has 3 rings (SSSR count). The Hall–Kier alpha value is -2.34. The quantitative estimate of drug-likeness (QED) is 0.789. The summed E-state index contributed by atoms with van der Waals surface area (Å²) >= 11 is 0. The molecule has 1 heterocycles. The van der Waals surface area contributed by atoms with Crippen LogP contribution in [0.15, 0.2) is 41.5 Å². The number of nitrogens with two attached hydrogens (primary N) is 1. The van der Waals surface area contributed by atoms with Gasteiger partial charge in [-0.1, -0.05) is 6.42 Å². The summed E-state index contributed by atoms with van der Waals surface area (Å²) in [7, 11) is 0. The number of aromatic nitrogens is 2. The molecule has 1 aromatic heterocycles. The van der Waals surface area contributed by atoms with E-state index in [9.17, 15) is 9.59 Å². The number of amides is 1. The average molecular weight is 286 g/mol. The van der Waals surface area contributed by atoms with Crippen molar-refractivity contribution >= 4 is 11.6 Å².